The highest BCUT2D eigenvalue weighted by Crippen LogP contribution is 2.16. The third-order valence-electron chi connectivity index (χ3n) is 3.46. The molecule has 0 N–H and O–H groups in total. The summed E-state index contributed by atoms with van der Waals surface area (Å²) in [6.07, 6.45) is 1.14. The first-order valence-electron chi connectivity index (χ1n) is 6.62. The van der Waals surface area contributed by atoms with Crippen LogP contribution in [0.15, 0.2) is 30.3 Å². The van der Waals surface area contributed by atoms with Gasteiger partial charge in [-0.1, -0.05) is 23.3 Å². The van der Waals surface area contributed by atoms with Crippen molar-refractivity contribution in [1.82, 2.24) is 25.1 Å². The van der Waals surface area contributed by atoms with E-state index in [9.17, 15) is 0 Å². The zero-order valence-corrected chi connectivity index (χ0v) is 11.1. The predicted molar refractivity (Wildman–Crippen MR) is 73.5 cm³/mol. The van der Waals surface area contributed by atoms with Gasteiger partial charge in [0.05, 0.1) is 5.69 Å². The Morgan fingerprint density at radius 1 is 1.00 bits per heavy atom. The monoisotopic (exact) mass is 258 g/mol. The molecule has 2 aromatic rings. The highest BCUT2D eigenvalue weighted by Gasteiger charge is 2.18. The molecule has 0 radical (unpaired) electrons. The van der Waals surface area contributed by atoms with Gasteiger partial charge in [0, 0.05) is 19.6 Å². The maximum Gasteiger partial charge on any atom is 0.250 e. The van der Waals surface area contributed by atoms with Gasteiger partial charge in [0.25, 0.3) is 0 Å². The first-order valence-corrected chi connectivity index (χ1v) is 6.62. The molecule has 19 heavy (non-hydrogen) atoms. The van der Waals surface area contributed by atoms with E-state index in [1.54, 1.807) is 0 Å². The lowest BCUT2D eigenvalue weighted by atomic mass is 10.3. The first-order chi connectivity index (χ1) is 9.34. The molecule has 0 unspecified atom stereocenters. The third kappa shape index (κ3) is 2.58. The Kier molecular flexibility index (Phi) is 3.41. The Morgan fingerprint density at radius 2 is 1.84 bits per heavy atom. The average molecular weight is 258 g/mol. The van der Waals surface area contributed by atoms with Crippen molar-refractivity contribution in [1.29, 1.82) is 0 Å². The fourth-order valence-corrected chi connectivity index (χ4v) is 2.36. The second-order valence-electron chi connectivity index (χ2n) is 4.87. The van der Waals surface area contributed by atoms with Crippen LogP contribution in [-0.4, -0.2) is 58.3 Å². The molecule has 0 saturated carbocycles. The summed E-state index contributed by atoms with van der Waals surface area (Å²) in [5.74, 6) is 0.835. The Hall–Kier alpha value is -1.95. The largest absolute Gasteiger partial charge is 0.338 e. The Morgan fingerprint density at radius 3 is 2.68 bits per heavy atom. The van der Waals surface area contributed by atoms with Gasteiger partial charge in [0.1, 0.15) is 0 Å². The molecular weight excluding hydrogens is 240 g/mol. The van der Waals surface area contributed by atoms with Gasteiger partial charge in [-0.15, -0.1) is 0 Å². The molecule has 1 aliphatic rings. The summed E-state index contributed by atoms with van der Waals surface area (Å²) in [4.78, 5) is 4.60. The minimum Gasteiger partial charge on any atom is -0.338 e. The van der Waals surface area contributed by atoms with Crippen molar-refractivity contribution in [2.45, 2.75) is 6.42 Å². The van der Waals surface area contributed by atoms with Crippen molar-refractivity contribution < 1.29 is 0 Å². The summed E-state index contributed by atoms with van der Waals surface area (Å²) in [5, 5.41) is 12.1. The topological polar surface area (TPSA) is 50.1 Å². The van der Waals surface area contributed by atoms with Gasteiger partial charge in [-0.2, -0.15) is 4.68 Å². The zero-order chi connectivity index (χ0) is 13.1. The van der Waals surface area contributed by atoms with Crippen LogP contribution in [0.25, 0.3) is 5.69 Å². The Labute approximate surface area is 112 Å². The molecule has 1 aromatic heterocycles. The number of anilines is 1. The zero-order valence-electron chi connectivity index (χ0n) is 11.1. The van der Waals surface area contributed by atoms with E-state index in [1.165, 1.54) is 0 Å². The molecule has 100 valence electrons. The molecule has 6 nitrogen and oxygen atoms in total. The van der Waals surface area contributed by atoms with Crippen LogP contribution < -0.4 is 4.90 Å². The molecular formula is C13H18N6. The molecule has 1 fully saturated rings. The van der Waals surface area contributed by atoms with E-state index in [0.717, 1.165) is 44.2 Å². The van der Waals surface area contributed by atoms with E-state index in [2.05, 4.69) is 32.4 Å². The molecule has 1 saturated heterocycles. The van der Waals surface area contributed by atoms with E-state index >= 15 is 0 Å². The number of hydrogen-bond donors (Lipinski definition) is 0. The van der Waals surface area contributed by atoms with Gasteiger partial charge >= 0.3 is 0 Å². The molecule has 2 heterocycles. The van der Waals surface area contributed by atoms with E-state index < -0.39 is 0 Å². The third-order valence-corrected chi connectivity index (χ3v) is 3.46. The van der Waals surface area contributed by atoms with Gasteiger partial charge in [0.2, 0.25) is 5.95 Å². The molecule has 0 atom stereocenters. The molecule has 6 heteroatoms. The van der Waals surface area contributed by atoms with Crippen LogP contribution in [0.4, 0.5) is 5.95 Å². The highest BCUT2D eigenvalue weighted by atomic mass is 15.6. The summed E-state index contributed by atoms with van der Waals surface area (Å²) in [5.41, 5.74) is 1.00. The van der Waals surface area contributed by atoms with Crippen LogP contribution in [-0.2, 0) is 0 Å². The van der Waals surface area contributed by atoms with Crippen molar-refractivity contribution in [2.75, 3.05) is 38.1 Å². The van der Waals surface area contributed by atoms with Crippen LogP contribution in [0.1, 0.15) is 6.42 Å². The number of hydrogen-bond acceptors (Lipinski definition) is 5. The molecule has 0 aliphatic carbocycles. The Bertz CT molecular complexity index is 523. The van der Waals surface area contributed by atoms with Crippen LogP contribution in [0.5, 0.6) is 0 Å². The quantitative estimate of drug-likeness (QED) is 0.797. The molecule has 1 aliphatic heterocycles. The molecule has 0 spiro atoms. The van der Waals surface area contributed by atoms with Gasteiger partial charge in [-0.3, -0.25) is 0 Å². The fourth-order valence-electron chi connectivity index (χ4n) is 2.36. The molecule has 1 aromatic carbocycles. The van der Waals surface area contributed by atoms with E-state index in [1.807, 2.05) is 35.0 Å². The summed E-state index contributed by atoms with van der Waals surface area (Å²) < 4.78 is 1.81. The highest BCUT2D eigenvalue weighted by molar-refractivity contribution is 5.40. The molecule has 3 rings (SSSR count). The second kappa shape index (κ2) is 5.36. The van der Waals surface area contributed by atoms with Gasteiger partial charge in [-0.05, 0) is 42.6 Å². The van der Waals surface area contributed by atoms with E-state index in [0.29, 0.717) is 0 Å². The molecule has 0 amide bonds. The van der Waals surface area contributed by atoms with Gasteiger partial charge < -0.3 is 9.80 Å². The van der Waals surface area contributed by atoms with Gasteiger partial charge in [0.15, 0.2) is 0 Å². The minimum atomic E-state index is 0.835. The van der Waals surface area contributed by atoms with Crippen molar-refractivity contribution in [3.8, 4) is 5.69 Å². The number of likely N-dealkylation sites (N-methyl/N-ethyl adjacent to an activating group) is 1. The van der Waals surface area contributed by atoms with E-state index in [4.69, 9.17) is 0 Å². The summed E-state index contributed by atoms with van der Waals surface area (Å²) in [7, 11) is 2.16. The maximum absolute atomic E-state index is 4.19. The number of benzene rings is 1. The normalized spacial score (nSPS) is 17.4. The average Bonchev–Trinajstić information content (AvgIpc) is 2.83. The van der Waals surface area contributed by atoms with E-state index in [-0.39, 0.29) is 0 Å². The minimum absolute atomic E-state index is 0.835. The number of nitrogens with zero attached hydrogens (tertiary/aromatic N) is 6. The standard InChI is InChI=1S/C13H18N6/c1-17-8-5-9-18(11-10-17)13-14-15-16-19(13)12-6-3-2-4-7-12/h2-4,6-7H,5,8-11H2,1H3. The lowest BCUT2D eigenvalue weighted by Crippen LogP contribution is -2.30. The summed E-state index contributed by atoms with van der Waals surface area (Å²) in [6.45, 7) is 4.13. The predicted octanol–water partition coefficient (Wildman–Crippen LogP) is 0.804. The SMILES string of the molecule is CN1CCCN(c2nnnn2-c2ccccc2)CC1. The van der Waals surface area contributed by atoms with Crippen molar-refractivity contribution in [2.24, 2.45) is 0 Å². The number of rotatable bonds is 2. The molecule has 0 bridgehead atoms. The lowest BCUT2D eigenvalue weighted by molar-refractivity contribution is 0.360. The summed E-state index contributed by atoms with van der Waals surface area (Å²) >= 11 is 0. The lowest BCUT2D eigenvalue weighted by Gasteiger charge is -2.20. The van der Waals surface area contributed by atoms with Crippen LogP contribution >= 0.6 is 0 Å². The van der Waals surface area contributed by atoms with Gasteiger partial charge in [-0.25, -0.2) is 0 Å². The smallest absolute Gasteiger partial charge is 0.250 e. The van der Waals surface area contributed by atoms with Crippen molar-refractivity contribution in [3.05, 3.63) is 30.3 Å². The fraction of sp³-hybridized carbons (Fsp3) is 0.462. The van der Waals surface area contributed by atoms with Crippen LogP contribution in [0, 0.1) is 0 Å². The van der Waals surface area contributed by atoms with Crippen molar-refractivity contribution >= 4 is 5.95 Å². The maximum atomic E-state index is 4.19. The number of para-hydroxylation sites is 1. The number of tetrazole rings is 1. The summed E-state index contributed by atoms with van der Waals surface area (Å²) in [6, 6.07) is 10.0. The first kappa shape index (κ1) is 12.1. The van der Waals surface area contributed by atoms with Crippen molar-refractivity contribution in [3.63, 3.8) is 0 Å². The Balaban J connectivity index is 1.88. The van der Waals surface area contributed by atoms with Crippen LogP contribution in [0.2, 0.25) is 0 Å². The number of aromatic nitrogens is 4. The van der Waals surface area contributed by atoms with Crippen LogP contribution in [0.3, 0.4) is 0 Å². The second-order valence-corrected chi connectivity index (χ2v) is 4.87.